The zero-order chi connectivity index (χ0) is 26.7. The topological polar surface area (TPSA) is 133 Å². The number of nitrogens with zero attached hydrogens (tertiary/aromatic N) is 4. The summed E-state index contributed by atoms with van der Waals surface area (Å²) in [6.45, 7) is 3.02. The molecule has 1 N–H and O–H groups in total. The van der Waals surface area contributed by atoms with E-state index in [2.05, 4.69) is 15.5 Å². The van der Waals surface area contributed by atoms with Crippen LogP contribution in [0.4, 0.5) is 0 Å². The molecule has 0 saturated carbocycles. The van der Waals surface area contributed by atoms with Crippen molar-refractivity contribution in [2.75, 3.05) is 32.2 Å². The first-order chi connectivity index (χ1) is 18.3. The van der Waals surface area contributed by atoms with Crippen LogP contribution < -0.4 is 14.8 Å². The van der Waals surface area contributed by atoms with Gasteiger partial charge < -0.3 is 14.8 Å². The number of amides is 1. The summed E-state index contributed by atoms with van der Waals surface area (Å²) in [5.74, 6) is 1.62. The lowest BCUT2D eigenvalue weighted by molar-refractivity contribution is -0.118. The monoisotopic (exact) mass is 557 g/mol. The fraction of sp³-hybridized carbons (Fsp3) is 0.360. The van der Waals surface area contributed by atoms with E-state index in [1.807, 2.05) is 16.7 Å². The molecule has 0 spiro atoms. The molecular weight excluding hydrogens is 530 g/mol. The van der Waals surface area contributed by atoms with Crippen molar-refractivity contribution < 1.29 is 27.5 Å². The van der Waals surface area contributed by atoms with E-state index in [9.17, 15) is 18.0 Å². The Labute approximate surface area is 224 Å². The van der Waals surface area contributed by atoms with E-state index in [4.69, 9.17) is 9.47 Å². The minimum Gasteiger partial charge on any atom is -0.454 e. The second kappa shape index (κ2) is 11.1. The summed E-state index contributed by atoms with van der Waals surface area (Å²) in [5.41, 5.74) is 1.15. The Morgan fingerprint density at radius 1 is 1.03 bits per heavy atom. The number of carbonyl (C=O) groups excluding carboxylic acids is 2. The molecule has 0 radical (unpaired) electrons. The normalized spacial score (nSPS) is 15.1. The minimum absolute atomic E-state index is 0.0760. The van der Waals surface area contributed by atoms with Crippen molar-refractivity contribution in [3.05, 3.63) is 53.9 Å². The molecule has 0 unspecified atom stereocenters. The highest BCUT2D eigenvalue weighted by atomic mass is 32.2. The summed E-state index contributed by atoms with van der Waals surface area (Å²) in [7, 11) is -3.54. The largest absolute Gasteiger partial charge is 0.454 e. The van der Waals surface area contributed by atoms with Crippen LogP contribution in [0.25, 0.3) is 5.69 Å². The van der Waals surface area contributed by atoms with Crippen LogP contribution in [0.1, 0.15) is 35.9 Å². The average molecular weight is 558 g/mol. The molecule has 2 aliphatic heterocycles. The molecule has 1 fully saturated rings. The molecule has 200 valence electrons. The third kappa shape index (κ3) is 5.54. The molecule has 0 atom stereocenters. The number of fused-ring (bicyclic) bond motifs is 1. The van der Waals surface area contributed by atoms with Crippen molar-refractivity contribution in [2.45, 2.75) is 36.2 Å². The Balaban J connectivity index is 1.32. The number of sulfonamides is 1. The lowest BCUT2D eigenvalue weighted by Gasteiger charge is -2.15. The van der Waals surface area contributed by atoms with Gasteiger partial charge >= 0.3 is 0 Å². The minimum atomic E-state index is -3.54. The van der Waals surface area contributed by atoms with Gasteiger partial charge in [0, 0.05) is 44.6 Å². The third-order valence-corrected chi connectivity index (χ3v) is 9.09. The molecule has 3 aromatic rings. The van der Waals surface area contributed by atoms with Crippen molar-refractivity contribution in [1.82, 2.24) is 24.4 Å². The van der Waals surface area contributed by atoms with Crippen LogP contribution in [0.5, 0.6) is 11.5 Å². The van der Waals surface area contributed by atoms with Gasteiger partial charge in [0.1, 0.15) is 5.82 Å². The van der Waals surface area contributed by atoms with Gasteiger partial charge in [-0.2, -0.15) is 4.31 Å². The lowest BCUT2D eigenvalue weighted by Crippen LogP contribution is -2.27. The van der Waals surface area contributed by atoms with E-state index in [1.165, 1.54) is 35.1 Å². The van der Waals surface area contributed by atoms with Crippen LogP contribution in [0.3, 0.4) is 0 Å². The zero-order valence-corrected chi connectivity index (χ0v) is 22.4. The van der Waals surface area contributed by atoms with Gasteiger partial charge in [0.05, 0.1) is 16.3 Å². The van der Waals surface area contributed by atoms with E-state index < -0.39 is 10.0 Å². The first kappa shape index (κ1) is 26.2. The maximum atomic E-state index is 13.0. The highest BCUT2D eigenvalue weighted by Gasteiger charge is 2.27. The maximum Gasteiger partial charge on any atom is 0.243 e. The van der Waals surface area contributed by atoms with E-state index in [-0.39, 0.29) is 29.1 Å². The van der Waals surface area contributed by atoms with E-state index in [1.54, 1.807) is 18.2 Å². The van der Waals surface area contributed by atoms with Gasteiger partial charge in [-0.1, -0.05) is 23.9 Å². The van der Waals surface area contributed by atoms with Crippen molar-refractivity contribution in [3.63, 3.8) is 0 Å². The van der Waals surface area contributed by atoms with Crippen molar-refractivity contribution >= 4 is 33.5 Å². The molecule has 3 heterocycles. The fourth-order valence-corrected chi connectivity index (χ4v) is 6.68. The number of hydrogen-bond donors (Lipinski definition) is 1. The summed E-state index contributed by atoms with van der Waals surface area (Å²) in [5, 5.41) is 11.8. The number of ketones is 1. The number of benzene rings is 2. The number of thioether (sulfide) groups is 1. The second-order valence-electron chi connectivity index (χ2n) is 8.85. The van der Waals surface area contributed by atoms with Gasteiger partial charge in [-0.15, -0.1) is 10.2 Å². The number of Topliss-reactive ketones (excluding diaryl/α,β-unsaturated/α-hetero) is 1. The van der Waals surface area contributed by atoms with E-state index in [0.717, 1.165) is 18.5 Å². The number of ether oxygens (including phenoxy) is 2. The Morgan fingerprint density at radius 2 is 1.76 bits per heavy atom. The lowest BCUT2D eigenvalue weighted by atomic mass is 10.1. The van der Waals surface area contributed by atoms with Crippen molar-refractivity contribution in [1.29, 1.82) is 0 Å². The average Bonchev–Trinajstić information content (AvgIpc) is 3.68. The van der Waals surface area contributed by atoms with Gasteiger partial charge in [-0.05, 0) is 37.1 Å². The highest BCUT2D eigenvalue weighted by Crippen LogP contribution is 2.35. The summed E-state index contributed by atoms with van der Waals surface area (Å²) >= 11 is 1.22. The number of aromatic nitrogens is 3. The molecular formula is C25H27N5O6S2. The number of rotatable bonds is 10. The molecule has 1 saturated heterocycles. The second-order valence-corrected chi connectivity index (χ2v) is 11.7. The Kier molecular flexibility index (Phi) is 7.68. The standard InChI is InChI=1S/C25H27N5O6S2/c1-17(31)26-11-10-24-27-28-25(30(24)19-6-9-22-23(14-19)36-16-35-22)37-15-21(32)18-4-7-20(8-5-18)38(33,34)29-12-2-3-13-29/h4-9,14H,2-3,10-13,15-16H2,1H3,(H,26,31). The Hall–Kier alpha value is -3.42. The fourth-order valence-electron chi connectivity index (χ4n) is 4.29. The quantitative estimate of drug-likeness (QED) is 0.295. The van der Waals surface area contributed by atoms with Gasteiger partial charge in [0.25, 0.3) is 0 Å². The molecule has 1 amide bonds. The number of nitrogens with one attached hydrogen (secondary N) is 1. The van der Waals surface area contributed by atoms with Gasteiger partial charge in [0.15, 0.2) is 22.4 Å². The molecule has 5 rings (SSSR count). The first-order valence-corrected chi connectivity index (χ1v) is 14.6. The summed E-state index contributed by atoms with van der Waals surface area (Å²) in [4.78, 5) is 24.5. The van der Waals surface area contributed by atoms with Crippen molar-refractivity contribution in [3.8, 4) is 17.2 Å². The Bertz CT molecular complexity index is 1450. The van der Waals surface area contributed by atoms with E-state index >= 15 is 0 Å². The van der Waals surface area contributed by atoms with Crippen LogP contribution in [0, 0.1) is 0 Å². The predicted molar refractivity (Wildman–Crippen MR) is 139 cm³/mol. The molecule has 11 nitrogen and oxygen atoms in total. The molecule has 1 aromatic heterocycles. The molecule has 2 aliphatic rings. The third-order valence-electron chi connectivity index (χ3n) is 6.25. The van der Waals surface area contributed by atoms with Gasteiger partial charge in [-0.3, -0.25) is 14.2 Å². The molecule has 38 heavy (non-hydrogen) atoms. The van der Waals surface area contributed by atoms with Crippen LogP contribution in [-0.4, -0.2) is 71.4 Å². The maximum absolute atomic E-state index is 13.0. The molecule has 13 heteroatoms. The smallest absolute Gasteiger partial charge is 0.243 e. The zero-order valence-electron chi connectivity index (χ0n) is 20.8. The summed E-state index contributed by atoms with van der Waals surface area (Å²) < 4.78 is 39.8. The van der Waals surface area contributed by atoms with Crippen LogP contribution >= 0.6 is 11.8 Å². The number of hydrogen-bond acceptors (Lipinski definition) is 9. The molecule has 0 bridgehead atoms. The highest BCUT2D eigenvalue weighted by molar-refractivity contribution is 7.99. The van der Waals surface area contributed by atoms with E-state index in [0.29, 0.717) is 54.1 Å². The first-order valence-electron chi connectivity index (χ1n) is 12.2. The summed E-state index contributed by atoms with van der Waals surface area (Å²) in [6, 6.07) is 11.5. The van der Waals surface area contributed by atoms with Crippen LogP contribution in [0.2, 0.25) is 0 Å². The summed E-state index contributed by atoms with van der Waals surface area (Å²) in [6.07, 6.45) is 2.15. The van der Waals surface area contributed by atoms with Crippen LogP contribution in [0.15, 0.2) is 52.5 Å². The Morgan fingerprint density at radius 3 is 2.50 bits per heavy atom. The molecule has 2 aromatic carbocycles. The van der Waals surface area contributed by atoms with Crippen molar-refractivity contribution in [2.24, 2.45) is 0 Å². The van der Waals surface area contributed by atoms with Gasteiger partial charge in [0.2, 0.25) is 22.7 Å². The van der Waals surface area contributed by atoms with Crippen LogP contribution in [-0.2, 0) is 21.2 Å². The SMILES string of the molecule is CC(=O)NCCc1nnc(SCC(=O)c2ccc(S(=O)(=O)N3CCCC3)cc2)n1-c1ccc2c(c1)OCO2. The number of carbonyl (C=O) groups is 2. The predicted octanol–water partition coefficient (Wildman–Crippen LogP) is 2.43. The van der Waals surface area contributed by atoms with Gasteiger partial charge in [-0.25, -0.2) is 8.42 Å². The molecule has 0 aliphatic carbocycles.